The molecule has 0 aromatic heterocycles. The predicted octanol–water partition coefficient (Wildman–Crippen LogP) is 2.50. The van der Waals surface area contributed by atoms with E-state index in [0.717, 1.165) is 4.90 Å². The van der Waals surface area contributed by atoms with E-state index >= 15 is 0 Å². The van der Waals surface area contributed by atoms with Crippen LogP contribution in [0.4, 0.5) is 11.4 Å². The highest BCUT2D eigenvalue weighted by Gasteiger charge is 2.39. The van der Waals surface area contributed by atoms with Crippen LogP contribution in [-0.4, -0.2) is 57.1 Å². The Bertz CT molecular complexity index is 1040. The van der Waals surface area contributed by atoms with E-state index in [-0.39, 0.29) is 30.3 Å². The first-order chi connectivity index (χ1) is 15.4. The molecule has 0 aliphatic carbocycles. The molecular weight excluding hydrogens is 414 g/mol. The lowest BCUT2D eigenvalue weighted by Gasteiger charge is -2.15. The number of nitrogens with zero attached hydrogens (tertiary/aromatic N) is 1. The van der Waals surface area contributed by atoms with Gasteiger partial charge < -0.3 is 24.8 Å². The fraction of sp³-hybridized carbons (Fsp3) is 0.261. The van der Waals surface area contributed by atoms with Crippen molar-refractivity contribution in [2.45, 2.75) is 6.92 Å². The third-order valence-corrected chi connectivity index (χ3v) is 4.80. The summed E-state index contributed by atoms with van der Waals surface area (Å²) in [5, 5.41) is 5.75. The van der Waals surface area contributed by atoms with Crippen LogP contribution in [0.3, 0.4) is 0 Å². The zero-order chi connectivity index (χ0) is 23.3. The standard InChI is InChI=1S/C23H25N3O6/c1-14(27)24-16-7-5-15(6-8-16)20-21(23(29)26(22(20)28)9-10-30-2)25-17-11-18(31-3)13-19(12-17)32-4/h5-8,11-13,25H,9-10H2,1-4H3,(H,24,27). The molecule has 2 aromatic rings. The summed E-state index contributed by atoms with van der Waals surface area (Å²) in [5.74, 6) is -0.0426. The van der Waals surface area contributed by atoms with Gasteiger partial charge in [-0.05, 0) is 17.7 Å². The van der Waals surface area contributed by atoms with E-state index in [4.69, 9.17) is 14.2 Å². The van der Waals surface area contributed by atoms with E-state index < -0.39 is 11.8 Å². The molecule has 0 fully saturated rings. The maximum absolute atomic E-state index is 13.2. The number of rotatable bonds is 9. The van der Waals surface area contributed by atoms with Crippen LogP contribution in [0.5, 0.6) is 11.5 Å². The van der Waals surface area contributed by atoms with Gasteiger partial charge in [-0.15, -0.1) is 0 Å². The summed E-state index contributed by atoms with van der Waals surface area (Å²) < 4.78 is 15.6. The van der Waals surface area contributed by atoms with Crippen molar-refractivity contribution in [2.75, 3.05) is 45.1 Å². The largest absolute Gasteiger partial charge is 0.497 e. The average Bonchev–Trinajstić information content (AvgIpc) is 3.01. The number of carbonyl (C=O) groups excluding carboxylic acids is 3. The SMILES string of the molecule is COCCN1C(=O)C(Nc2cc(OC)cc(OC)c2)=C(c2ccc(NC(C)=O)cc2)C1=O. The first-order valence-corrected chi connectivity index (χ1v) is 9.85. The molecule has 0 saturated heterocycles. The number of hydrogen-bond donors (Lipinski definition) is 2. The Morgan fingerprint density at radius 2 is 1.53 bits per heavy atom. The lowest BCUT2D eigenvalue weighted by Crippen LogP contribution is -2.35. The van der Waals surface area contributed by atoms with Crippen LogP contribution in [0.15, 0.2) is 48.2 Å². The average molecular weight is 439 g/mol. The number of imide groups is 1. The van der Waals surface area contributed by atoms with E-state index in [1.807, 2.05) is 0 Å². The summed E-state index contributed by atoms with van der Waals surface area (Å²) in [5.41, 5.74) is 2.01. The highest BCUT2D eigenvalue weighted by atomic mass is 16.5. The Balaban J connectivity index is 2.04. The number of ether oxygens (including phenoxy) is 3. The molecule has 1 aliphatic heterocycles. The summed E-state index contributed by atoms with van der Waals surface area (Å²) in [7, 11) is 4.55. The molecule has 0 saturated carbocycles. The zero-order valence-electron chi connectivity index (χ0n) is 18.4. The van der Waals surface area contributed by atoms with E-state index in [1.165, 1.54) is 28.3 Å². The number of carbonyl (C=O) groups is 3. The van der Waals surface area contributed by atoms with Gasteiger partial charge in [-0.1, -0.05) is 12.1 Å². The third-order valence-electron chi connectivity index (χ3n) is 4.80. The minimum absolute atomic E-state index is 0.119. The van der Waals surface area contributed by atoms with Crippen LogP contribution in [0, 0.1) is 0 Å². The number of amides is 3. The molecule has 168 valence electrons. The maximum Gasteiger partial charge on any atom is 0.278 e. The van der Waals surface area contributed by atoms with Crippen LogP contribution in [0.25, 0.3) is 5.57 Å². The second-order valence-corrected chi connectivity index (χ2v) is 6.99. The highest BCUT2D eigenvalue weighted by Crippen LogP contribution is 2.33. The van der Waals surface area contributed by atoms with Crippen LogP contribution in [0.2, 0.25) is 0 Å². The van der Waals surface area contributed by atoms with Gasteiger partial charge in [0, 0.05) is 43.6 Å². The Kier molecular flexibility index (Phi) is 7.11. The van der Waals surface area contributed by atoms with E-state index in [2.05, 4.69) is 10.6 Å². The smallest absolute Gasteiger partial charge is 0.278 e. The maximum atomic E-state index is 13.2. The second kappa shape index (κ2) is 9.97. The summed E-state index contributed by atoms with van der Waals surface area (Å²) >= 11 is 0. The Labute approximate surface area is 185 Å². The van der Waals surface area contributed by atoms with E-state index in [9.17, 15) is 14.4 Å². The number of methoxy groups -OCH3 is 3. The van der Waals surface area contributed by atoms with Crippen LogP contribution in [0.1, 0.15) is 12.5 Å². The van der Waals surface area contributed by atoms with E-state index in [0.29, 0.717) is 28.4 Å². The molecule has 0 bridgehead atoms. The van der Waals surface area contributed by atoms with Crippen molar-refractivity contribution in [3.63, 3.8) is 0 Å². The number of nitrogens with one attached hydrogen (secondary N) is 2. The van der Waals surface area contributed by atoms with Gasteiger partial charge in [0.1, 0.15) is 17.2 Å². The second-order valence-electron chi connectivity index (χ2n) is 6.99. The van der Waals surface area contributed by atoms with Gasteiger partial charge >= 0.3 is 0 Å². The fourth-order valence-corrected chi connectivity index (χ4v) is 3.29. The molecule has 3 amide bonds. The van der Waals surface area contributed by atoms with Crippen LogP contribution in [-0.2, 0) is 19.1 Å². The van der Waals surface area contributed by atoms with Gasteiger partial charge in [-0.25, -0.2) is 0 Å². The summed E-state index contributed by atoms with van der Waals surface area (Å²) in [6.07, 6.45) is 0. The van der Waals surface area contributed by atoms with Crippen molar-refractivity contribution in [1.29, 1.82) is 0 Å². The summed E-state index contributed by atoms with van der Waals surface area (Å²) in [6, 6.07) is 11.8. The van der Waals surface area contributed by atoms with Crippen LogP contribution >= 0.6 is 0 Å². The first kappa shape index (κ1) is 22.8. The van der Waals surface area contributed by atoms with Crippen molar-refractivity contribution < 1.29 is 28.6 Å². The molecule has 2 N–H and O–H groups in total. The summed E-state index contributed by atoms with van der Waals surface area (Å²) in [6.45, 7) is 1.74. The minimum atomic E-state index is -0.463. The molecule has 2 aromatic carbocycles. The van der Waals surface area contributed by atoms with Crippen molar-refractivity contribution in [1.82, 2.24) is 4.90 Å². The minimum Gasteiger partial charge on any atom is -0.497 e. The lowest BCUT2D eigenvalue weighted by atomic mass is 10.0. The lowest BCUT2D eigenvalue weighted by molar-refractivity contribution is -0.137. The van der Waals surface area contributed by atoms with Gasteiger partial charge in [0.2, 0.25) is 5.91 Å². The molecule has 0 unspecified atom stereocenters. The Hall–Kier alpha value is -3.85. The van der Waals surface area contributed by atoms with E-state index in [1.54, 1.807) is 42.5 Å². The molecular formula is C23H25N3O6. The van der Waals surface area contributed by atoms with Crippen LogP contribution < -0.4 is 20.1 Å². The van der Waals surface area contributed by atoms with Crippen molar-refractivity contribution in [3.8, 4) is 11.5 Å². The third kappa shape index (κ3) is 4.89. The van der Waals surface area contributed by atoms with Crippen molar-refractivity contribution >= 4 is 34.7 Å². The van der Waals surface area contributed by atoms with Gasteiger partial charge in [-0.3, -0.25) is 19.3 Å². The van der Waals surface area contributed by atoms with Gasteiger partial charge in [0.25, 0.3) is 11.8 Å². The molecule has 32 heavy (non-hydrogen) atoms. The first-order valence-electron chi connectivity index (χ1n) is 9.85. The van der Waals surface area contributed by atoms with Gasteiger partial charge in [-0.2, -0.15) is 0 Å². The number of anilines is 2. The molecule has 0 spiro atoms. The Morgan fingerprint density at radius 3 is 2.06 bits per heavy atom. The molecule has 1 aliphatic rings. The zero-order valence-corrected chi connectivity index (χ0v) is 18.4. The van der Waals surface area contributed by atoms with Crippen molar-refractivity contribution in [3.05, 3.63) is 53.7 Å². The van der Waals surface area contributed by atoms with Gasteiger partial charge in [0.05, 0.1) is 32.9 Å². The molecule has 3 rings (SSSR count). The summed E-state index contributed by atoms with van der Waals surface area (Å²) in [4.78, 5) is 38.7. The number of hydrogen-bond acceptors (Lipinski definition) is 7. The molecule has 1 heterocycles. The number of benzene rings is 2. The monoisotopic (exact) mass is 439 g/mol. The molecule has 9 nitrogen and oxygen atoms in total. The topological polar surface area (TPSA) is 106 Å². The van der Waals surface area contributed by atoms with Gasteiger partial charge in [0.15, 0.2) is 0 Å². The Morgan fingerprint density at radius 1 is 0.906 bits per heavy atom. The molecule has 0 atom stereocenters. The van der Waals surface area contributed by atoms with Crippen molar-refractivity contribution in [2.24, 2.45) is 0 Å². The predicted molar refractivity (Wildman–Crippen MR) is 119 cm³/mol. The molecule has 9 heteroatoms. The highest BCUT2D eigenvalue weighted by molar-refractivity contribution is 6.36. The molecule has 0 radical (unpaired) electrons. The quantitative estimate of drug-likeness (QED) is 0.578. The fourth-order valence-electron chi connectivity index (χ4n) is 3.29. The normalized spacial score (nSPS) is 13.4.